The van der Waals surface area contributed by atoms with Crippen molar-refractivity contribution in [3.8, 4) is 0 Å². The molecule has 0 unspecified atom stereocenters. The number of nitrogens with one attached hydrogen (secondary N) is 1. The van der Waals surface area contributed by atoms with Crippen molar-refractivity contribution in [1.29, 1.82) is 0 Å². The van der Waals surface area contributed by atoms with Gasteiger partial charge in [0.2, 0.25) is 10.0 Å². The van der Waals surface area contributed by atoms with E-state index < -0.39 is 22.5 Å². The number of hydrogen-bond donors (Lipinski definition) is 2. The summed E-state index contributed by atoms with van der Waals surface area (Å²) in [6.07, 6.45) is 2.31. The van der Waals surface area contributed by atoms with Gasteiger partial charge >= 0.3 is 0 Å². The van der Waals surface area contributed by atoms with Crippen molar-refractivity contribution < 1.29 is 18.4 Å². The third-order valence-corrected chi connectivity index (χ3v) is 5.81. The van der Waals surface area contributed by atoms with E-state index in [4.69, 9.17) is 28.4 Å². The van der Waals surface area contributed by atoms with Crippen LogP contribution in [0, 0.1) is 0 Å². The molecule has 22 heavy (non-hydrogen) atoms. The van der Waals surface area contributed by atoms with Crippen LogP contribution in [0.5, 0.6) is 0 Å². The Hall–Kier alpha value is -0.860. The minimum Gasteiger partial charge on any atom is -0.289 e. The molecule has 0 bridgehead atoms. The minimum atomic E-state index is -3.99. The molecule has 0 saturated heterocycles. The summed E-state index contributed by atoms with van der Waals surface area (Å²) in [6.45, 7) is 1.63. The Labute approximate surface area is 140 Å². The zero-order valence-corrected chi connectivity index (χ0v) is 14.4. The van der Waals surface area contributed by atoms with Gasteiger partial charge in [0.25, 0.3) is 5.91 Å². The van der Waals surface area contributed by atoms with Gasteiger partial charge in [-0.25, -0.2) is 13.9 Å². The Morgan fingerprint density at radius 2 is 2.00 bits per heavy atom. The first kappa shape index (κ1) is 19.2. The second kappa shape index (κ2) is 8.69. The number of hydrogen-bond acceptors (Lipinski definition) is 4. The van der Waals surface area contributed by atoms with Crippen molar-refractivity contribution in [2.24, 2.45) is 0 Å². The lowest BCUT2D eigenvalue weighted by Gasteiger charge is -2.22. The third kappa shape index (κ3) is 4.82. The number of benzene rings is 1. The molecule has 1 amide bonds. The van der Waals surface area contributed by atoms with Gasteiger partial charge in [0.1, 0.15) is 4.90 Å². The summed E-state index contributed by atoms with van der Waals surface area (Å²) < 4.78 is 26.3. The molecule has 0 aromatic heterocycles. The Kier molecular flexibility index (Phi) is 7.58. The summed E-state index contributed by atoms with van der Waals surface area (Å²) in [5.74, 6) is -0.821. The number of unbranched alkanes of at least 4 members (excludes halogenated alkanes) is 2. The molecule has 0 spiro atoms. The topological polar surface area (TPSA) is 86.7 Å². The Bertz CT molecular complexity index is 622. The van der Waals surface area contributed by atoms with Gasteiger partial charge in [-0.3, -0.25) is 10.0 Å². The second-order valence-electron chi connectivity index (χ2n) is 4.63. The van der Waals surface area contributed by atoms with Gasteiger partial charge in [-0.2, -0.15) is 4.31 Å². The first-order chi connectivity index (χ1) is 10.3. The summed E-state index contributed by atoms with van der Waals surface area (Å²) in [7, 11) is -3.99. The third-order valence-electron chi connectivity index (χ3n) is 2.99. The van der Waals surface area contributed by atoms with E-state index in [9.17, 15) is 13.2 Å². The summed E-state index contributed by atoms with van der Waals surface area (Å²) >= 11 is 11.8. The quantitative estimate of drug-likeness (QED) is 0.419. The van der Waals surface area contributed by atoms with E-state index in [1.165, 1.54) is 23.7 Å². The molecule has 1 aromatic carbocycles. The molecule has 6 nitrogen and oxygen atoms in total. The highest BCUT2D eigenvalue weighted by Crippen LogP contribution is 2.31. The highest BCUT2D eigenvalue weighted by Gasteiger charge is 2.28. The number of halogens is 2. The number of carbonyl (C=O) groups is 1. The summed E-state index contributed by atoms with van der Waals surface area (Å²) in [5, 5.41) is 8.65. The number of hydroxylamine groups is 1. The number of rotatable bonds is 8. The fraction of sp³-hybridized carbons (Fsp3) is 0.462. The minimum absolute atomic E-state index is 0.0888. The van der Waals surface area contributed by atoms with Crippen molar-refractivity contribution in [3.05, 3.63) is 28.2 Å². The van der Waals surface area contributed by atoms with E-state index >= 15 is 0 Å². The van der Waals surface area contributed by atoms with Gasteiger partial charge in [-0.05, 0) is 18.6 Å². The molecule has 0 radical (unpaired) electrons. The van der Waals surface area contributed by atoms with Gasteiger partial charge in [0.05, 0.1) is 16.6 Å². The number of amides is 1. The number of nitrogens with zero attached hydrogens (tertiary/aromatic N) is 1. The van der Waals surface area contributed by atoms with Crippen LogP contribution in [-0.4, -0.2) is 36.9 Å². The smallest absolute Gasteiger partial charge is 0.258 e. The molecule has 0 saturated carbocycles. The van der Waals surface area contributed by atoms with Crippen LogP contribution in [0.3, 0.4) is 0 Å². The van der Waals surface area contributed by atoms with Crippen LogP contribution < -0.4 is 5.48 Å². The first-order valence-electron chi connectivity index (χ1n) is 6.71. The van der Waals surface area contributed by atoms with E-state index in [1.54, 1.807) is 0 Å². The van der Waals surface area contributed by atoms with Crippen LogP contribution in [0.1, 0.15) is 26.2 Å². The summed E-state index contributed by atoms with van der Waals surface area (Å²) in [4.78, 5) is 11.2. The molecule has 0 fully saturated rings. The molecule has 2 N–H and O–H groups in total. The maximum atomic E-state index is 12.7. The van der Waals surface area contributed by atoms with Crippen LogP contribution in [-0.2, 0) is 14.8 Å². The zero-order chi connectivity index (χ0) is 16.8. The lowest BCUT2D eigenvalue weighted by molar-refractivity contribution is -0.129. The van der Waals surface area contributed by atoms with E-state index in [0.29, 0.717) is 6.42 Å². The number of carbonyl (C=O) groups excluding carboxylic acids is 1. The van der Waals surface area contributed by atoms with Crippen LogP contribution in [0.2, 0.25) is 10.0 Å². The van der Waals surface area contributed by atoms with Gasteiger partial charge in [0.15, 0.2) is 0 Å². The predicted molar refractivity (Wildman–Crippen MR) is 84.7 cm³/mol. The maximum absolute atomic E-state index is 12.7. The predicted octanol–water partition coefficient (Wildman–Crippen LogP) is 2.68. The molecule has 9 heteroatoms. The highest BCUT2D eigenvalue weighted by molar-refractivity contribution is 7.89. The monoisotopic (exact) mass is 368 g/mol. The van der Waals surface area contributed by atoms with E-state index in [1.807, 2.05) is 6.92 Å². The normalized spacial score (nSPS) is 11.7. The first-order valence-corrected chi connectivity index (χ1v) is 8.91. The van der Waals surface area contributed by atoms with E-state index in [2.05, 4.69) is 0 Å². The molecule has 1 rings (SSSR count). The lowest BCUT2D eigenvalue weighted by Crippen LogP contribution is -2.40. The molecule has 0 heterocycles. The second-order valence-corrected chi connectivity index (χ2v) is 7.32. The molecule has 0 aliphatic rings. The highest BCUT2D eigenvalue weighted by atomic mass is 35.5. The van der Waals surface area contributed by atoms with Crippen LogP contribution in [0.25, 0.3) is 0 Å². The Morgan fingerprint density at radius 3 is 2.59 bits per heavy atom. The van der Waals surface area contributed by atoms with E-state index in [0.717, 1.165) is 17.1 Å². The molecule has 124 valence electrons. The van der Waals surface area contributed by atoms with Gasteiger partial charge in [0, 0.05) is 6.54 Å². The van der Waals surface area contributed by atoms with Crippen LogP contribution in [0.15, 0.2) is 23.1 Å². The zero-order valence-electron chi connectivity index (χ0n) is 12.1. The molecule has 0 aliphatic carbocycles. The van der Waals surface area contributed by atoms with Crippen LogP contribution in [0.4, 0.5) is 0 Å². The number of sulfonamides is 1. The molecule has 1 aromatic rings. The van der Waals surface area contributed by atoms with Crippen molar-refractivity contribution in [3.63, 3.8) is 0 Å². The standard InChI is InChI=1S/C13H18Cl2N2O4S/c1-2-3-4-8-17(9-12(18)16-19)22(20,21)11-7-5-6-10(14)13(11)15/h5-7,19H,2-4,8-9H2,1H3,(H,16,18). The van der Waals surface area contributed by atoms with Gasteiger partial charge in [-0.1, -0.05) is 49.0 Å². The average molecular weight is 369 g/mol. The van der Waals surface area contributed by atoms with Crippen molar-refractivity contribution >= 4 is 39.1 Å². The fourth-order valence-electron chi connectivity index (χ4n) is 1.84. The summed E-state index contributed by atoms with van der Waals surface area (Å²) in [5.41, 5.74) is 1.43. The summed E-state index contributed by atoms with van der Waals surface area (Å²) in [6, 6.07) is 4.27. The average Bonchev–Trinajstić information content (AvgIpc) is 2.48. The molecule has 0 aliphatic heterocycles. The van der Waals surface area contributed by atoms with Crippen molar-refractivity contribution in [2.75, 3.05) is 13.1 Å². The van der Waals surface area contributed by atoms with Gasteiger partial charge < -0.3 is 0 Å². The molecule has 0 atom stereocenters. The fourth-order valence-corrected chi connectivity index (χ4v) is 4.01. The SMILES string of the molecule is CCCCCN(CC(=O)NO)S(=O)(=O)c1cccc(Cl)c1Cl. The Balaban J connectivity index is 3.13. The molecular weight excluding hydrogens is 351 g/mol. The lowest BCUT2D eigenvalue weighted by atomic mass is 10.2. The van der Waals surface area contributed by atoms with Gasteiger partial charge in [-0.15, -0.1) is 0 Å². The Morgan fingerprint density at radius 1 is 1.32 bits per heavy atom. The van der Waals surface area contributed by atoms with Crippen LogP contribution >= 0.6 is 23.2 Å². The van der Waals surface area contributed by atoms with Crippen molar-refractivity contribution in [1.82, 2.24) is 9.79 Å². The molecular formula is C13H18Cl2N2O4S. The van der Waals surface area contributed by atoms with E-state index in [-0.39, 0.29) is 21.5 Å². The van der Waals surface area contributed by atoms with Crippen molar-refractivity contribution in [2.45, 2.75) is 31.1 Å². The largest absolute Gasteiger partial charge is 0.289 e. The maximum Gasteiger partial charge on any atom is 0.258 e.